The summed E-state index contributed by atoms with van der Waals surface area (Å²) in [5.74, 6) is 0. The van der Waals surface area contributed by atoms with Crippen molar-refractivity contribution in [2.45, 2.75) is 83.7 Å². The van der Waals surface area contributed by atoms with Crippen molar-refractivity contribution in [3.05, 3.63) is 0 Å². The molecule has 1 aliphatic rings. The third-order valence-corrected chi connectivity index (χ3v) is 8.14. The maximum Gasteiger partial charge on any atom is -0.00945 e. The van der Waals surface area contributed by atoms with Crippen LogP contribution in [0.15, 0.2) is 0 Å². The molecular weight excluding hydrogens is 211 g/mol. The van der Waals surface area contributed by atoms with Crippen LogP contribution in [0.3, 0.4) is 0 Å². The van der Waals surface area contributed by atoms with Gasteiger partial charge in [-0.15, -0.1) is 7.92 Å². The van der Waals surface area contributed by atoms with E-state index in [0.29, 0.717) is 7.92 Å². The van der Waals surface area contributed by atoms with Crippen LogP contribution in [-0.2, 0) is 0 Å². The zero-order chi connectivity index (χ0) is 11.9. The highest BCUT2D eigenvalue weighted by Crippen LogP contribution is 2.59. The summed E-state index contributed by atoms with van der Waals surface area (Å²) in [6, 6.07) is 0. The van der Waals surface area contributed by atoms with Gasteiger partial charge >= 0.3 is 0 Å². The summed E-state index contributed by atoms with van der Waals surface area (Å²) in [7, 11) is 0.331. The summed E-state index contributed by atoms with van der Waals surface area (Å²) >= 11 is 0. The van der Waals surface area contributed by atoms with Crippen LogP contribution in [0.4, 0.5) is 0 Å². The average Bonchev–Trinajstić information content (AvgIpc) is 2.30. The zero-order valence-electron chi connectivity index (χ0n) is 11.7. The van der Waals surface area contributed by atoms with E-state index in [1.165, 1.54) is 44.9 Å². The summed E-state index contributed by atoms with van der Waals surface area (Å²) in [4.78, 5) is 0. The van der Waals surface area contributed by atoms with Gasteiger partial charge in [-0.2, -0.15) is 0 Å². The Morgan fingerprint density at radius 3 is 1.81 bits per heavy atom. The lowest BCUT2D eigenvalue weighted by Crippen LogP contribution is -2.31. The molecule has 0 bridgehead atoms. The third-order valence-electron chi connectivity index (χ3n) is 4.16. The van der Waals surface area contributed by atoms with Crippen molar-refractivity contribution in [3.8, 4) is 0 Å². The molecule has 0 aromatic heterocycles. The Morgan fingerprint density at radius 2 is 1.38 bits per heavy atom. The van der Waals surface area contributed by atoms with Crippen molar-refractivity contribution < 1.29 is 0 Å². The van der Waals surface area contributed by atoms with E-state index < -0.39 is 0 Å². The Morgan fingerprint density at radius 1 is 0.812 bits per heavy atom. The van der Waals surface area contributed by atoms with Crippen LogP contribution in [0.25, 0.3) is 0 Å². The average molecular weight is 242 g/mol. The molecule has 16 heavy (non-hydrogen) atoms. The van der Waals surface area contributed by atoms with Crippen molar-refractivity contribution in [1.82, 2.24) is 0 Å². The van der Waals surface area contributed by atoms with Crippen LogP contribution in [0.5, 0.6) is 0 Å². The molecule has 0 aromatic carbocycles. The molecule has 0 aromatic rings. The van der Waals surface area contributed by atoms with Gasteiger partial charge in [0.15, 0.2) is 0 Å². The molecule has 0 spiro atoms. The first-order valence-corrected chi connectivity index (χ1v) is 9.25. The lowest BCUT2D eigenvalue weighted by atomic mass is 9.85. The first kappa shape index (κ1) is 14.5. The van der Waals surface area contributed by atoms with Gasteiger partial charge in [0.1, 0.15) is 0 Å². The van der Waals surface area contributed by atoms with Gasteiger partial charge in [-0.1, -0.05) is 59.3 Å². The van der Waals surface area contributed by atoms with E-state index in [0.717, 1.165) is 5.16 Å². The van der Waals surface area contributed by atoms with E-state index in [1.807, 2.05) is 0 Å². The number of hydrogen-bond acceptors (Lipinski definition) is 0. The Balaban J connectivity index is 2.69. The molecule has 96 valence electrons. The molecular formula is C15H31P. The summed E-state index contributed by atoms with van der Waals surface area (Å²) < 4.78 is 0. The van der Waals surface area contributed by atoms with E-state index in [-0.39, 0.29) is 0 Å². The highest BCUT2D eigenvalue weighted by molar-refractivity contribution is 7.59. The minimum Gasteiger partial charge on any atom is -0.100 e. The first-order chi connectivity index (χ1) is 7.79. The van der Waals surface area contributed by atoms with Crippen molar-refractivity contribution in [2.75, 3.05) is 12.3 Å². The van der Waals surface area contributed by atoms with Crippen molar-refractivity contribution in [1.29, 1.82) is 0 Å². The van der Waals surface area contributed by atoms with Gasteiger partial charge < -0.3 is 0 Å². The Bertz CT molecular complexity index is 159. The Labute approximate surface area is 104 Å². The van der Waals surface area contributed by atoms with E-state index >= 15 is 0 Å². The molecule has 1 aliphatic carbocycles. The number of hydrogen-bond donors (Lipinski definition) is 0. The van der Waals surface area contributed by atoms with Gasteiger partial charge in [0.05, 0.1) is 0 Å². The minimum absolute atomic E-state index is 0.331. The molecule has 0 amide bonds. The summed E-state index contributed by atoms with van der Waals surface area (Å²) in [6.45, 7) is 7.16. The van der Waals surface area contributed by atoms with Crippen LogP contribution < -0.4 is 0 Å². The molecule has 0 heterocycles. The van der Waals surface area contributed by atoms with Crippen LogP contribution in [0.2, 0.25) is 0 Å². The van der Waals surface area contributed by atoms with Crippen LogP contribution in [0, 0.1) is 0 Å². The van der Waals surface area contributed by atoms with Crippen molar-refractivity contribution in [3.63, 3.8) is 0 Å². The Kier molecular flexibility index (Phi) is 6.97. The third kappa shape index (κ3) is 3.73. The van der Waals surface area contributed by atoms with Crippen molar-refractivity contribution in [2.24, 2.45) is 0 Å². The maximum absolute atomic E-state index is 2.39. The molecule has 0 nitrogen and oxygen atoms in total. The van der Waals surface area contributed by atoms with E-state index in [1.54, 1.807) is 25.2 Å². The lowest BCUT2D eigenvalue weighted by molar-refractivity contribution is 0.367. The predicted octanol–water partition coefficient (Wildman–Crippen LogP) is 5.79. The number of rotatable bonds is 7. The lowest BCUT2D eigenvalue weighted by Gasteiger charge is -2.44. The quantitative estimate of drug-likeness (QED) is 0.495. The smallest absolute Gasteiger partial charge is 0.00945 e. The molecule has 0 saturated heterocycles. The fourth-order valence-electron chi connectivity index (χ4n) is 3.53. The Hall–Kier alpha value is 0.430. The molecule has 0 unspecified atom stereocenters. The topological polar surface area (TPSA) is 0 Å². The largest absolute Gasteiger partial charge is 0.100 e. The molecule has 1 fully saturated rings. The molecule has 0 aliphatic heterocycles. The van der Waals surface area contributed by atoms with Gasteiger partial charge in [-0.05, 0) is 36.7 Å². The molecule has 1 heteroatoms. The molecule has 0 atom stereocenters. The van der Waals surface area contributed by atoms with Gasteiger partial charge in [0, 0.05) is 0 Å². The summed E-state index contributed by atoms with van der Waals surface area (Å²) in [5.41, 5.74) is 0. The fourth-order valence-corrected chi connectivity index (χ4v) is 7.27. The van der Waals surface area contributed by atoms with Crippen LogP contribution in [0.1, 0.15) is 78.6 Å². The highest BCUT2D eigenvalue weighted by Gasteiger charge is 2.37. The van der Waals surface area contributed by atoms with E-state index in [4.69, 9.17) is 0 Å². The van der Waals surface area contributed by atoms with E-state index in [9.17, 15) is 0 Å². The van der Waals surface area contributed by atoms with Crippen LogP contribution in [-0.4, -0.2) is 17.5 Å². The van der Waals surface area contributed by atoms with E-state index in [2.05, 4.69) is 20.8 Å². The normalized spacial score (nSPS) is 20.2. The maximum atomic E-state index is 2.39. The van der Waals surface area contributed by atoms with Crippen molar-refractivity contribution >= 4 is 7.92 Å². The predicted molar refractivity (Wildman–Crippen MR) is 78.0 cm³/mol. The monoisotopic (exact) mass is 242 g/mol. The van der Waals surface area contributed by atoms with Gasteiger partial charge in [-0.3, -0.25) is 0 Å². The second-order valence-corrected chi connectivity index (χ2v) is 8.44. The SMILES string of the molecule is CCCP(CCC)C1(CCC)CCCCC1. The second-order valence-electron chi connectivity index (χ2n) is 5.52. The van der Waals surface area contributed by atoms with Gasteiger partial charge in [0.2, 0.25) is 0 Å². The second kappa shape index (κ2) is 7.70. The molecule has 0 N–H and O–H groups in total. The fraction of sp³-hybridized carbons (Fsp3) is 1.00. The molecule has 1 saturated carbocycles. The highest BCUT2D eigenvalue weighted by atomic mass is 31.1. The summed E-state index contributed by atoms with van der Waals surface area (Å²) in [5, 5.41) is 0.814. The van der Waals surface area contributed by atoms with Gasteiger partial charge in [0.25, 0.3) is 0 Å². The van der Waals surface area contributed by atoms with Crippen LogP contribution >= 0.6 is 7.92 Å². The zero-order valence-corrected chi connectivity index (χ0v) is 12.6. The standard InChI is InChI=1S/C15H31P/c1-4-10-15(11-8-7-9-12-15)16(13-5-2)14-6-3/h4-14H2,1-3H3. The minimum atomic E-state index is 0.331. The molecule has 0 radical (unpaired) electrons. The van der Waals surface area contributed by atoms with Gasteiger partial charge in [-0.25, -0.2) is 0 Å². The summed E-state index contributed by atoms with van der Waals surface area (Å²) in [6.07, 6.45) is 16.5. The first-order valence-electron chi connectivity index (χ1n) is 7.54. The molecule has 1 rings (SSSR count).